The Morgan fingerprint density at radius 2 is 1.73 bits per heavy atom. The molecule has 33 heavy (non-hydrogen) atoms. The number of rotatable bonds is 5. The Kier molecular flexibility index (Phi) is 5.09. The lowest BCUT2D eigenvalue weighted by Crippen LogP contribution is -2.50. The number of amides is 1. The topological polar surface area (TPSA) is 84.7 Å². The van der Waals surface area contributed by atoms with Crippen LogP contribution >= 0.6 is 12.2 Å². The number of benzene rings is 3. The zero-order valence-electron chi connectivity index (χ0n) is 17.8. The molecular weight excluding hydrogens is 438 g/mol. The molecule has 1 fully saturated rings. The van der Waals surface area contributed by atoms with Crippen LogP contribution in [-0.4, -0.2) is 29.0 Å². The van der Waals surface area contributed by atoms with E-state index in [9.17, 15) is 14.9 Å². The molecule has 5 rings (SSSR count). The van der Waals surface area contributed by atoms with Crippen molar-refractivity contribution in [2.24, 2.45) is 0 Å². The number of ether oxygens (including phenoxy) is 1. The molecule has 166 valence electrons. The Hall–Kier alpha value is -3.78. The lowest BCUT2D eigenvalue weighted by Gasteiger charge is -2.30. The van der Waals surface area contributed by atoms with Crippen molar-refractivity contribution < 1.29 is 14.5 Å². The molecule has 3 aromatic carbocycles. The van der Waals surface area contributed by atoms with Gasteiger partial charge in [0.2, 0.25) is 0 Å². The van der Waals surface area contributed by atoms with Gasteiger partial charge in [-0.3, -0.25) is 14.9 Å². The van der Waals surface area contributed by atoms with Gasteiger partial charge in [-0.15, -0.1) is 0 Å². The molecule has 2 aliphatic rings. The fourth-order valence-corrected chi connectivity index (χ4v) is 5.40. The molecule has 1 spiro atoms. The maximum Gasteiger partial charge on any atom is 0.272 e. The van der Waals surface area contributed by atoms with Crippen LogP contribution in [0.25, 0.3) is 0 Å². The van der Waals surface area contributed by atoms with Crippen LogP contribution in [0.4, 0.5) is 5.69 Å². The fourth-order valence-electron chi connectivity index (χ4n) is 5.02. The molecule has 3 aromatic rings. The number of nitro groups is 1. The number of anilines is 1. The second kappa shape index (κ2) is 7.97. The molecule has 0 bridgehead atoms. The number of methoxy groups -OCH3 is 1. The number of fused-ring (bicyclic) bond motifs is 2. The number of nitrogens with zero attached hydrogens (tertiary/aromatic N) is 2. The van der Waals surface area contributed by atoms with E-state index in [2.05, 4.69) is 5.32 Å². The van der Waals surface area contributed by atoms with Gasteiger partial charge in [0.15, 0.2) is 10.5 Å². The predicted molar refractivity (Wildman–Crippen MR) is 128 cm³/mol. The van der Waals surface area contributed by atoms with Crippen molar-refractivity contribution in [3.8, 4) is 5.75 Å². The van der Waals surface area contributed by atoms with E-state index < -0.39 is 17.5 Å². The quantitative estimate of drug-likeness (QED) is 0.355. The highest BCUT2D eigenvalue weighted by molar-refractivity contribution is 7.80. The molecule has 0 aliphatic carbocycles. The number of carbonyl (C=O) groups is 1. The monoisotopic (exact) mass is 459 g/mol. The molecule has 0 radical (unpaired) electrons. The van der Waals surface area contributed by atoms with Crippen LogP contribution in [-0.2, 0) is 16.9 Å². The van der Waals surface area contributed by atoms with E-state index in [1.807, 2.05) is 78.9 Å². The van der Waals surface area contributed by atoms with Crippen LogP contribution in [0.3, 0.4) is 0 Å². The summed E-state index contributed by atoms with van der Waals surface area (Å²) in [6.07, 6.45) is 0. The Labute approximate surface area is 196 Å². The highest BCUT2D eigenvalue weighted by atomic mass is 32.1. The molecule has 0 saturated carbocycles. The van der Waals surface area contributed by atoms with Gasteiger partial charge in [-0.25, -0.2) is 0 Å². The van der Waals surface area contributed by atoms with Gasteiger partial charge in [0, 0.05) is 10.5 Å². The van der Waals surface area contributed by atoms with Crippen molar-refractivity contribution in [2.45, 2.75) is 24.0 Å². The Balaban J connectivity index is 1.65. The van der Waals surface area contributed by atoms with Crippen molar-refractivity contribution in [2.75, 3.05) is 12.0 Å². The normalized spacial score (nSPS) is 23.5. The van der Waals surface area contributed by atoms with E-state index in [0.29, 0.717) is 17.7 Å². The van der Waals surface area contributed by atoms with Gasteiger partial charge in [-0.05, 0) is 29.3 Å². The van der Waals surface area contributed by atoms with Crippen LogP contribution in [0.15, 0.2) is 78.9 Å². The second-order valence-corrected chi connectivity index (χ2v) is 8.61. The SMILES string of the molecule is COc1ccc(CN2C(=O)[C@@]3(NC(=S)[C@H]([N+](=O)[O-])[C@H]3c3ccccc3)c3ccccc32)cc1. The number of hydrogen-bond donors (Lipinski definition) is 1. The predicted octanol–water partition coefficient (Wildman–Crippen LogP) is 3.80. The third-order valence-corrected chi connectivity index (χ3v) is 6.80. The van der Waals surface area contributed by atoms with Crippen molar-refractivity contribution in [1.29, 1.82) is 0 Å². The third-order valence-electron chi connectivity index (χ3n) is 6.46. The van der Waals surface area contributed by atoms with Crippen molar-refractivity contribution >= 4 is 28.8 Å². The molecule has 0 unspecified atom stereocenters. The molecule has 7 nitrogen and oxygen atoms in total. The van der Waals surface area contributed by atoms with Crippen LogP contribution in [0, 0.1) is 10.1 Å². The Morgan fingerprint density at radius 3 is 2.39 bits per heavy atom. The van der Waals surface area contributed by atoms with Gasteiger partial charge >= 0.3 is 0 Å². The number of nitrogens with one attached hydrogen (secondary N) is 1. The van der Waals surface area contributed by atoms with Crippen LogP contribution in [0.2, 0.25) is 0 Å². The summed E-state index contributed by atoms with van der Waals surface area (Å²) < 4.78 is 5.23. The molecule has 0 aromatic heterocycles. The molecule has 1 amide bonds. The van der Waals surface area contributed by atoms with E-state index in [0.717, 1.165) is 17.0 Å². The van der Waals surface area contributed by atoms with Gasteiger partial charge in [0.05, 0.1) is 25.3 Å². The number of carbonyl (C=O) groups excluding carboxylic acids is 1. The van der Waals surface area contributed by atoms with Crippen LogP contribution in [0.5, 0.6) is 5.75 Å². The minimum atomic E-state index is -1.35. The smallest absolute Gasteiger partial charge is 0.272 e. The average Bonchev–Trinajstić information content (AvgIpc) is 3.27. The number of hydrogen-bond acceptors (Lipinski definition) is 5. The summed E-state index contributed by atoms with van der Waals surface area (Å²) in [5.74, 6) is -0.306. The largest absolute Gasteiger partial charge is 0.497 e. The van der Waals surface area contributed by atoms with Gasteiger partial charge < -0.3 is 15.0 Å². The Bertz CT molecular complexity index is 1250. The summed E-state index contributed by atoms with van der Waals surface area (Å²) in [7, 11) is 1.60. The minimum absolute atomic E-state index is 0.0725. The average molecular weight is 460 g/mol. The Morgan fingerprint density at radius 1 is 1.06 bits per heavy atom. The molecule has 3 atom stereocenters. The molecule has 2 heterocycles. The number of para-hydroxylation sites is 1. The maximum atomic E-state index is 14.2. The summed E-state index contributed by atoms with van der Waals surface area (Å²) in [6, 6.07) is 22.9. The molecule has 2 aliphatic heterocycles. The van der Waals surface area contributed by atoms with Crippen molar-refractivity contribution in [3.63, 3.8) is 0 Å². The highest BCUT2D eigenvalue weighted by Gasteiger charge is 2.67. The first-order valence-electron chi connectivity index (χ1n) is 10.5. The minimum Gasteiger partial charge on any atom is -0.497 e. The van der Waals surface area contributed by atoms with Gasteiger partial charge in [-0.2, -0.15) is 0 Å². The maximum absolute atomic E-state index is 14.2. The van der Waals surface area contributed by atoms with E-state index in [1.54, 1.807) is 12.0 Å². The lowest BCUT2D eigenvalue weighted by molar-refractivity contribution is -0.505. The first-order chi connectivity index (χ1) is 16.0. The summed E-state index contributed by atoms with van der Waals surface area (Å²) >= 11 is 5.44. The van der Waals surface area contributed by atoms with Crippen molar-refractivity contribution in [3.05, 3.63) is 106 Å². The first-order valence-corrected chi connectivity index (χ1v) is 10.9. The summed E-state index contributed by atoms with van der Waals surface area (Å²) in [6.45, 7) is 0.320. The number of thiocarbonyl (C=S) groups is 1. The van der Waals surface area contributed by atoms with Gasteiger partial charge in [0.1, 0.15) is 5.75 Å². The third kappa shape index (κ3) is 3.17. The van der Waals surface area contributed by atoms with Crippen LogP contribution in [0.1, 0.15) is 22.6 Å². The lowest BCUT2D eigenvalue weighted by atomic mass is 9.75. The summed E-state index contributed by atoms with van der Waals surface area (Å²) in [4.78, 5) is 27.7. The van der Waals surface area contributed by atoms with E-state index >= 15 is 0 Å². The second-order valence-electron chi connectivity index (χ2n) is 8.17. The zero-order chi connectivity index (χ0) is 23.2. The summed E-state index contributed by atoms with van der Waals surface area (Å²) in [5.41, 5.74) is 1.68. The van der Waals surface area contributed by atoms with Gasteiger partial charge in [-0.1, -0.05) is 72.9 Å². The summed E-state index contributed by atoms with van der Waals surface area (Å²) in [5, 5.41) is 15.3. The highest BCUT2D eigenvalue weighted by Crippen LogP contribution is 2.53. The first kappa shape index (κ1) is 21.1. The zero-order valence-corrected chi connectivity index (χ0v) is 18.6. The van der Waals surface area contributed by atoms with E-state index in [1.165, 1.54) is 0 Å². The van der Waals surface area contributed by atoms with Gasteiger partial charge in [0.25, 0.3) is 11.9 Å². The molecule has 8 heteroatoms. The van der Waals surface area contributed by atoms with E-state index in [4.69, 9.17) is 17.0 Å². The standard InChI is InChI=1S/C25H21N3O4S/c1-32-18-13-11-16(12-14-18)15-27-20-10-6-5-9-19(20)25(24(27)29)21(17-7-3-2-4-8-17)22(28(30)31)23(33)26-25/h2-14,21-22H,15H2,1H3,(H,26,33)/t21-,22-,25-/m1/s1. The fraction of sp³-hybridized carbons (Fsp3) is 0.200. The van der Waals surface area contributed by atoms with Crippen LogP contribution < -0.4 is 15.0 Å². The molecule has 1 N–H and O–H groups in total. The van der Waals surface area contributed by atoms with E-state index in [-0.39, 0.29) is 15.8 Å². The molecule has 1 saturated heterocycles. The molecular formula is C25H21N3O4S. The van der Waals surface area contributed by atoms with Crippen molar-refractivity contribution in [1.82, 2.24) is 5.32 Å².